The van der Waals surface area contributed by atoms with Crippen LogP contribution in [0.15, 0.2) is 18.2 Å². The summed E-state index contributed by atoms with van der Waals surface area (Å²) in [6.45, 7) is 8.87. The highest BCUT2D eigenvalue weighted by Gasteiger charge is 2.24. The van der Waals surface area contributed by atoms with Crippen molar-refractivity contribution in [2.45, 2.75) is 33.7 Å². The maximum atomic E-state index is 5.98. The minimum atomic E-state index is 0.209. The molecular formula is C13H21ClN2. The smallest absolute Gasteiger partial charge is 0.0600 e. The minimum Gasteiger partial charge on any atom is -0.397 e. The van der Waals surface area contributed by atoms with E-state index in [2.05, 4.69) is 39.6 Å². The van der Waals surface area contributed by atoms with Gasteiger partial charge < -0.3 is 10.6 Å². The van der Waals surface area contributed by atoms with Crippen LogP contribution in [-0.4, -0.2) is 13.1 Å². The van der Waals surface area contributed by atoms with Crippen molar-refractivity contribution in [3.8, 4) is 0 Å². The van der Waals surface area contributed by atoms with Crippen molar-refractivity contribution < 1.29 is 0 Å². The molecule has 0 saturated heterocycles. The largest absolute Gasteiger partial charge is 0.397 e. The van der Waals surface area contributed by atoms with E-state index in [4.69, 9.17) is 17.3 Å². The molecule has 2 nitrogen and oxygen atoms in total. The first-order valence-electron chi connectivity index (χ1n) is 5.51. The van der Waals surface area contributed by atoms with Crippen molar-refractivity contribution in [2.24, 2.45) is 5.41 Å². The Morgan fingerprint density at radius 2 is 1.88 bits per heavy atom. The number of benzene rings is 1. The topological polar surface area (TPSA) is 29.3 Å². The molecule has 0 aliphatic heterocycles. The predicted molar refractivity (Wildman–Crippen MR) is 73.2 cm³/mol. The Morgan fingerprint density at radius 3 is 2.31 bits per heavy atom. The van der Waals surface area contributed by atoms with Crippen LogP contribution in [0.4, 0.5) is 11.4 Å². The molecule has 0 aliphatic carbocycles. The van der Waals surface area contributed by atoms with Crippen LogP contribution in [0, 0.1) is 5.41 Å². The van der Waals surface area contributed by atoms with Gasteiger partial charge in [-0.05, 0) is 30.5 Å². The molecule has 16 heavy (non-hydrogen) atoms. The van der Waals surface area contributed by atoms with Gasteiger partial charge in [0.25, 0.3) is 0 Å². The molecule has 0 amide bonds. The fraction of sp³-hybridized carbons (Fsp3) is 0.538. The molecule has 90 valence electrons. The van der Waals surface area contributed by atoms with Crippen LogP contribution in [0.2, 0.25) is 5.02 Å². The summed E-state index contributed by atoms with van der Waals surface area (Å²) in [7, 11) is 2.06. The lowest BCUT2D eigenvalue weighted by Gasteiger charge is -2.37. The average Bonchev–Trinajstić information content (AvgIpc) is 2.14. The summed E-state index contributed by atoms with van der Waals surface area (Å²) in [5, 5.41) is 0.679. The zero-order valence-electron chi connectivity index (χ0n) is 10.7. The zero-order chi connectivity index (χ0) is 12.5. The van der Waals surface area contributed by atoms with E-state index in [0.29, 0.717) is 11.1 Å². The van der Waals surface area contributed by atoms with Crippen molar-refractivity contribution in [1.82, 2.24) is 0 Å². The second-order valence-corrected chi connectivity index (χ2v) is 5.79. The number of nitrogens with zero attached hydrogens (tertiary/aromatic N) is 1. The molecule has 3 heteroatoms. The van der Waals surface area contributed by atoms with Crippen LogP contribution in [0.25, 0.3) is 0 Å². The Labute approximate surface area is 103 Å². The average molecular weight is 241 g/mol. The Hall–Kier alpha value is -0.890. The first kappa shape index (κ1) is 13.2. The SMILES string of the molecule is CC(N(C)c1ccc(Cl)cc1N)C(C)(C)C. The summed E-state index contributed by atoms with van der Waals surface area (Å²) in [6.07, 6.45) is 0. The highest BCUT2D eigenvalue weighted by atomic mass is 35.5. The lowest BCUT2D eigenvalue weighted by Crippen LogP contribution is -2.39. The van der Waals surface area contributed by atoms with Crippen LogP contribution >= 0.6 is 11.6 Å². The van der Waals surface area contributed by atoms with Gasteiger partial charge in [0, 0.05) is 18.1 Å². The number of nitrogen functional groups attached to an aromatic ring is 1. The van der Waals surface area contributed by atoms with Gasteiger partial charge in [-0.1, -0.05) is 32.4 Å². The Bertz CT molecular complexity index is 369. The van der Waals surface area contributed by atoms with Crippen LogP contribution < -0.4 is 10.6 Å². The van der Waals surface area contributed by atoms with Crippen molar-refractivity contribution in [3.05, 3.63) is 23.2 Å². The summed E-state index contributed by atoms with van der Waals surface area (Å²) < 4.78 is 0. The lowest BCUT2D eigenvalue weighted by molar-refractivity contribution is 0.330. The first-order chi connectivity index (χ1) is 7.23. The van der Waals surface area contributed by atoms with Gasteiger partial charge in [-0.25, -0.2) is 0 Å². The number of halogens is 1. The standard InChI is InChI=1S/C13H21ClN2/c1-9(13(2,3)4)16(5)12-7-6-10(14)8-11(12)15/h6-9H,15H2,1-5H3. The highest BCUT2D eigenvalue weighted by molar-refractivity contribution is 6.31. The monoisotopic (exact) mass is 240 g/mol. The fourth-order valence-electron chi connectivity index (χ4n) is 1.64. The summed E-state index contributed by atoms with van der Waals surface area (Å²) in [6, 6.07) is 6.04. The number of rotatable bonds is 2. The Balaban J connectivity index is 3.01. The molecule has 0 heterocycles. The third kappa shape index (κ3) is 2.82. The van der Waals surface area contributed by atoms with Gasteiger partial charge in [0.15, 0.2) is 0 Å². The molecule has 0 aromatic heterocycles. The molecule has 1 aromatic carbocycles. The van der Waals surface area contributed by atoms with Gasteiger partial charge in [0.2, 0.25) is 0 Å². The molecule has 0 saturated carbocycles. The maximum absolute atomic E-state index is 5.98. The molecular weight excluding hydrogens is 220 g/mol. The van der Waals surface area contributed by atoms with E-state index >= 15 is 0 Å². The van der Waals surface area contributed by atoms with Crippen molar-refractivity contribution >= 4 is 23.0 Å². The molecule has 1 unspecified atom stereocenters. The molecule has 0 radical (unpaired) electrons. The van der Waals surface area contributed by atoms with Gasteiger partial charge >= 0.3 is 0 Å². The zero-order valence-corrected chi connectivity index (χ0v) is 11.5. The molecule has 0 fully saturated rings. The van der Waals surface area contributed by atoms with Crippen molar-refractivity contribution in [2.75, 3.05) is 17.7 Å². The van der Waals surface area contributed by atoms with Gasteiger partial charge in [0.05, 0.1) is 11.4 Å². The van der Waals surface area contributed by atoms with Crippen LogP contribution in [0.1, 0.15) is 27.7 Å². The normalized spacial score (nSPS) is 13.6. The summed E-state index contributed by atoms with van der Waals surface area (Å²) in [4.78, 5) is 2.20. The first-order valence-corrected chi connectivity index (χ1v) is 5.89. The number of nitrogens with two attached hydrogens (primary N) is 1. The van der Waals surface area contributed by atoms with Crippen LogP contribution in [-0.2, 0) is 0 Å². The van der Waals surface area contributed by atoms with Crippen molar-refractivity contribution in [3.63, 3.8) is 0 Å². The van der Waals surface area contributed by atoms with E-state index in [0.717, 1.165) is 11.4 Å². The molecule has 0 aliphatic rings. The number of hydrogen-bond donors (Lipinski definition) is 1. The highest BCUT2D eigenvalue weighted by Crippen LogP contribution is 2.31. The second-order valence-electron chi connectivity index (χ2n) is 5.36. The van der Waals surface area contributed by atoms with E-state index in [-0.39, 0.29) is 5.41 Å². The van der Waals surface area contributed by atoms with E-state index in [1.807, 2.05) is 12.1 Å². The third-order valence-electron chi connectivity index (χ3n) is 3.20. The third-order valence-corrected chi connectivity index (χ3v) is 3.44. The Kier molecular flexibility index (Phi) is 3.74. The fourth-order valence-corrected chi connectivity index (χ4v) is 1.82. The molecule has 1 aromatic rings. The van der Waals surface area contributed by atoms with E-state index in [1.54, 1.807) is 6.07 Å². The van der Waals surface area contributed by atoms with E-state index in [1.165, 1.54) is 0 Å². The summed E-state index contributed by atoms with van der Waals surface area (Å²) >= 11 is 5.89. The van der Waals surface area contributed by atoms with E-state index in [9.17, 15) is 0 Å². The molecule has 0 bridgehead atoms. The molecule has 1 atom stereocenters. The molecule has 2 N–H and O–H groups in total. The minimum absolute atomic E-state index is 0.209. The summed E-state index contributed by atoms with van der Waals surface area (Å²) in [5.41, 5.74) is 7.95. The molecule has 0 spiro atoms. The Morgan fingerprint density at radius 1 is 1.31 bits per heavy atom. The summed E-state index contributed by atoms with van der Waals surface area (Å²) in [5.74, 6) is 0. The van der Waals surface area contributed by atoms with Gasteiger partial charge in [-0.3, -0.25) is 0 Å². The van der Waals surface area contributed by atoms with Crippen molar-refractivity contribution in [1.29, 1.82) is 0 Å². The quantitative estimate of drug-likeness (QED) is 0.797. The van der Waals surface area contributed by atoms with Gasteiger partial charge in [0.1, 0.15) is 0 Å². The van der Waals surface area contributed by atoms with Crippen LogP contribution in [0.5, 0.6) is 0 Å². The predicted octanol–water partition coefficient (Wildman–Crippen LogP) is 3.79. The number of anilines is 2. The van der Waals surface area contributed by atoms with E-state index < -0.39 is 0 Å². The van der Waals surface area contributed by atoms with Gasteiger partial charge in [-0.15, -0.1) is 0 Å². The maximum Gasteiger partial charge on any atom is 0.0600 e. The molecule has 1 rings (SSSR count). The van der Waals surface area contributed by atoms with Gasteiger partial charge in [-0.2, -0.15) is 0 Å². The second kappa shape index (κ2) is 4.54. The van der Waals surface area contributed by atoms with Crippen LogP contribution in [0.3, 0.4) is 0 Å². The number of hydrogen-bond acceptors (Lipinski definition) is 2. The lowest BCUT2D eigenvalue weighted by atomic mass is 9.87.